The van der Waals surface area contributed by atoms with Crippen molar-refractivity contribution in [2.75, 3.05) is 25.0 Å². The highest BCUT2D eigenvalue weighted by molar-refractivity contribution is 5.46. The topological polar surface area (TPSA) is 48.4 Å². The van der Waals surface area contributed by atoms with Crippen LogP contribution in [0.5, 0.6) is 0 Å². The van der Waals surface area contributed by atoms with Crippen LogP contribution in [0.3, 0.4) is 0 Å². The lowest BCUT2D eigenvalue weighted by Crippen LogP contribution is -2.34. The first-order valence-electron chi connectivity index (χ1n) is 8.38. The van der Waals surface area contributed by atoms with Crippen molar-refractivity contribution in [1.29, 1.82) is 0 Å². The molecular weight excluding hydrogens is 286 g/mol. The minimum Gasteiger partial charge on any atom is -0.396 e. The summed E-state index contributed by atoms with van der Waals surface area (Å²) < 4.78 is 0. The molecule has 23 heavy (non-hydrogen) atoms. The van der Waals surface area contributed by atoms with Gasteiger partial charge < -0.3 is 10.4 Å². The first-order chi connectivity index (χ1) is 11.3. The molecule has 1 aliphatic heterocycles. The summed E-state index contributed by atoms with van der Waals surface area (Å²) in [6, 6.07) is 12.7. The number of nitrogens with zero attached hydrogens (tertiary/aromatic N) is 2. The Morgan fingerprint density at radius 3 is 2.70 bits per heavy atom. The number of hydrogen-bond donors (Lipinski definition) is 2. The maximum absolute atomic E-state index is 9.23. The van der Waals surface area contributed by atoms with Gasteiger partial charge in [-0.2, -0.15) is 0 Å². The molecule has 2 aromatic rings. The molecule has 0 atom stereocenters. The smallest absolute Gasteiger partial charge is 0.0460 e. The van der Waals surface area contributed by atoms with Gasteiger partial charge in [0.2, 0.25) is 0 Å². The molecule has 1 aliphatic rings. The maximum atomic E-state index is 9.23. The fourth-order valence-electron chi connectivity index (χ4n) is 3.07. The number of aliphatic hydroxyl groups is 1. The van der Waals surface area contributed by atoms with E-state index in [1.165, 1.54) is 11.1 Å². The number of aliphatic hydroxyl groups excluding tert-OH is 1. The molecule has 1 aromatic carbocycles. The van der Waals surface area contributed by atoms with E-state index in [0.717, 1.165) is 44.7 Å². The van der Waals surface area contributed by atoms with Gasteiger partial charge in [0.15, 0.2) is 0 Å². The highest BCUT2D eigenvalue weighted by atomic mass is 16.3. The normalized spacial score (nSPS) is 16.4. The molecule has 1 saturated heterocycles. The predicted octanol–water partition coefficient (Wildman–Crippen LogP) is 2.90. The molecule has 4 heteroatoms. The van der Waals surface area contributed by atoms with Gasteiger partial charge in [-0.05, 0) is 61.2 Å². The van der Waals surface area contributed by atoms with Gasteiger partial charge in [-0.25, -0.2) is 0 Å². The lowest BCUT2D eigenvalue weighted by Gasteiger charge is -2.31. The summed E-state index contributed by atoms with van der Waals surface area (Å²) >= 11 is 0. The highest BCUT2D eigenvalue weighted by Crippen LogP contribution is 2.20. The molecule has 0 spiro atoms. The average molecular weight is 311 g/mol. The number of pyridine rings is 1. The van der Waals surface area contributed by atoms with E-state index in [2.05, 4.69) is 45.5 Å². The average Bonchev–Trinajstić information content (AvgIpc) is 2.62. The van der Waals surface area contributed by atoms with Gasteiger partial charge in [0.05, 0.1) is 0 Å². The molecule has 2 N–H and O–H groups in total. The van der Waals surface area contributed by atoms with Crippen LogP contribution < -0.4 is 5.32 Å². The molecule has 122 valence electrons. The number of aromatic nitrogens is 1. The molecular formula is C19H25N3O. The Bertz CT molecular complexity index is 595. The fraction of sp³-hybridized carbons (Fsp3) is 0.421. The Kier molecular flexibility index (Phi) is 5.61. The quantitative estimate of drug-likeness (QED) is 0.861. The standard InChI is InChI=1S/C19H25N3O/c23-15-16-6-9-22(10-7-16)14-17-3-1-5-19(11-17)21-13-18-4-2-8-20-12-18/h1-5,8,11-12,16,21,23H,6-7,9-10,13-15H2. The van der Waals surface area contributed by atoms with Crippen molar-refractivity contribution in [2.45, 2.75) is 25.9 Å². The third-order valence-corrected chi connectivity index (χ3v) is 4.52. The summed E-state index contributed by atoms with van der Waals surface area (Å²) in [7, 11) is 0. The minimum absolute atomic E-state index is 0.335. The van der Waals surface area contributed by atoms with Crippen molar-refractivity contribution < 1.29 is 5.11 Å². The van der Waals surface area contributed by atoms with E-state index in [-0.39, 0.29) is 0 Å². The molecule has 3 rings (SSSR count). The third kappa shape index (κ3) is 4.78. The van der Waals surface area contributed by atoms with Gasteiger partial charge >= 0.3 is 0 Å². The minimum atomic E-state index is 0.335. The van der Waals surface area contributed by atoms with Gasteiger partial charge in [-0.3, -0.25) is 9.88 Å². The second-order valence-corrected chi connectivity index (χ2v) is 6.32. The van der Waals surface area contributed by atoms with Crippen molar-refractivity contribution >= 4 is 5.69 Å². The number of hydrogen-bond acceptors (Lipinski definition) is 4. The molecule has 1 aromatic heterocycles. The highest BCUT2D eigenvalue weighted by Gasteiger charge is 2.18. The summed E-state index contributed by atoms with van der Waals surface area (Å²) in [4.78, 5) is 6.62. The van der Waals surface area contributed by atoms with E-state index in [1.54, 1.807) is 6.20 Å². The zero-order valence-electron chi connectivity index (χ0n) is 13.5. The van der Waals surface area contributed by atoms with Crippen molar-refractivity contribution in [3.05, 3.63) is 59.9 Å². The number of piperidine rings is 1. The summed E-state index contributed by atoms with van der Waals surface area (Å²) in [5, 5.41) is 12.7. The molecule has 0 amide bonds. The van der Waals surface area contributed by atoms with Gasteiger partial charge in [-0.1, -0.05) is 18.2 Å². The number of anilines is 1. The lowest BCUT2D eigenvalue weighted by atomic mass is 9.97. The summed E-state index contributed by atoms with van der Waals surface area (Å²) in [5.41, 5.74) is 3.67. The summed E-state index contributed by atoms with van der Waals surface area (Å²) in [5.74, 6) is 0.499. The van der Waals surface area contributed by atoms with E-state index >= 15 is 0 Å². The zero-order chi connectivity index (χ0) is 15.9. The first-order valence-corrected chi connectivity index (χ1v) is 8.38. The van der Waals surface area contributed by atoms with Gasteiger partial charge in [-0.15, -0.1) is 0 Å². The van der Waals surface area contributed by atoms with E-state index in [0.29, 0.717) is 12.5 Å². The molecule has 0 radical (unpaired) electrons. The van der Waals surface area contributed by atoms with E-state index in [4.69, 9.17) is 0 Å². The number of likely N-dealkylation sites (tertiary alicyclic amines) is 1. The van der Waals surface area contributed by atoms with E-state index in [1.807, 2.05) is 12.3 Å². The molecule has 1 fully saturated rings. The lowest BCUT2D eigenvalue weighted by molar-refractivity contribution is 0.127. The Balaban J connectivity index is 1.53. The van der Waals surface area contributed by atoms with E-state index < -0.39 is 0 Å². The molecule has 0 unspecified atom stereocenters. The van der Waals surface area contributed by atoms with Crippen molar-refractivity contribution in [3.63, 3.8) is 0 Å². The first kappa shape index (κ1) is 16.0. The summed E-state index contributed by atoms with van der Waals surface area (Å²) in [6.45, 7) is 4.28. The zero-order valence-corrected chi connectivity index (χ0v) is 13.5. The Morgan fingerprint density at radius 2 is 1.96 bits per heavy atom. The number of nitrogens with one attached hydrogen (secondary N) is 1. The van der Waals surface area contributed by atoms with Gasteiger partial charge in [0.25, 0.3) is 0 Å². The van der Waals surface area contributed by atoms with Crippen LogP contribution in [0.1, 0.15) is 24.0 Å². The largest absolute Gasteiger partial charge is 0.396 e. The fourth-order valence-corrected chi connectivity index (χ4v) is 3.07. The second-order valence-electron chi connectivity index (χ2n) is 6.32. The Morgan fingerprint density at radius 1 is 1.13 bits per heavy atom. The van der Waals surface area contributed by atoms with Crippen molar-refractivity contribution in [3.8, 4) is 0 Å². The number of rotatable bonds is 6. The van der Waals surface area contributed by atoms with Crippen LogP contribution in [-0.4, -0.2) is 34.7 Å². The van der Waals surface area contributed by atoms with Crippen LogP contribution in [0.25, 0.3) is 0 Å². The monoisotopic (exact) mass is 311 g/mol. The molecule has 4 nitrogen and oxygen atoms in total. The predicted molar refractivity (Wildman–Crippen MR) is 93.1 cm³/mol. The van der Waals surface area contributed by atoms with Crippen LogP contribution in [0.2, 0.25) is 0 Å². The van der Waals surface area contributed by atoms with Crippen LogP contribution in [0, 0.1) is 5.92 Å². The van der Waals surface area contributed by atoms with E-state index in [9.17, 15) is 5.11 Å². The molecule has 0 aliphatic carbocycles. The Hall–Kier alpha value is -1.91. The van der Waals surface area contributed by atoms with Crippen LogP contribution >= 0.6 is 0 Å². The Labute approximate surface area is 138 Å². The molecule has 2 heterocycles. The molecule has 0 bridgehead atoms. The second kappa shape index (κ2) is 8.09. The number of benzene rings is 1. The summed E-state index contributed by atoms with van der Waals surface area (Å²) in [6.07, 6.45) is 5.90. The van der Waals surface area contributed by atoms with Gasteiger partial charge in [0, 0.05) is 37.8 Å². The van der Waals surface area contributed by atoms with Crippen molar-refractivity contribution in [1.82, 2.24) is 9.88 Å². The van der Waals surface area contributed by atoms with Crippen LogP contribution in [0.15, 0.2) is 48.8 Å². The van der Waals surface area contributed by atoms with Crippen LogP contribution in [-0.2, 0) is 13.1 Å². The SMILES string of the molecule is OCC1CCN(Cc2cccc(NCc3cccnc3)c2)CC1. The third-order valence-electron chi connectivity index (χ3n) is 4.52. The maximum Gasteiger partial charge on any atom is 0.0460 e. The van der Waals surface area contributed by atoms with Crippen molar-refractivity contribution in [2.24, 2.45) is 5.92 Å². The molecule has 0 saturated carbocycles. The van der Waals surface area contributed by atoms with Gasteiger partial charge in [0.1, 0.15) is 0 Å². The van der Waals surface area contributed by atoms with Crippen LogP contribution in [0.4, 0.5) is 5.69 Å².